The smallest absolute Gasteiger partial charge is 0.257 e. The number of nitrogens with two attached hydrogens (primary N) is 2. The molecule has 6 N–H and O–H groups in total. The maximum atomic E-state index is 13.0. The first-order valence-electron chi connectivity index (χ1n) is 9.79. The summed E-state index contributed by atoms with van der Waals surface area (Å²) < 4.78 is 0. The molecule has 0 radical (unpaired) electrons. The van der Waals surface area contributed by atoms with E-state index in [0.29, 0.717) is 41.3 Å². The number of hydrogen-bond donors (Lipinski definition) is 4. The molecule has 0 bridgehead atoms. The lowest BCUT2D eigenvalue weighted by molar-refractivity contribution is -0.117. The SMILES string of the molecule is CN=C(NC(=O)c1ccsc1)c1cc(NC(=O)C(CCN)c2ccccc2)ccc1N. The first-order chi connectivity index (χ1) is 15.0. The van der Waals surface area contributed by atoms with Crippen molar-refractivity contribution in [3.63, 3.8) is 0 Å². The summed E-state index contributed by atoms with van der Waals surface area (Å²) in [7, 11) is 1.57. The van der Waals surface area contributed by atoms with Gasteiger partial charge in [0.2, 0.25) is 5.91 Å². The van der Waals surface area contributed by atoms with Crippen LogP contribution in [0.2, 0.25) is 0 Å². The van der Waals surface area contributed by atoms with Gasteiger partial charge in [-0.3, -0.25) is 14.6 Å². The molecule has 2 amide bonds. The number of carbonyl (C=O) groups excluding carboxylic acids is 2. The van der Waals surface area contributed by atoms with Crippen molar-refractivity contribution < 1.29 is 9.59 Å². The molecule has 0 fully saturated rings. The zero-order valence-electron chi connectivity index (χ0n) is 17.2. The minimum Gasteiger partial charge on any atom is -0.398 e. The summed E-state index contributed by atoms with van der Waals surface area (Å²) >= 11 is 1.43. The van der Waals surface area contributed by atoms with E-state index in [1.165, 1.54) is 11.3 Å². The first-order valence-corrected chi connectivity index (χ1v) is 10.7. The topological polar surface area (TPSA) is 123 Å². The van der Waals surface area contributed by atoms with Crippen molar-refractivity contribution in [2.75, 3.05) is 24.6 Å². The van der Waals surface area contributed by atoms with Gasteiger partial charge in [0.1, 0.15) is 5.84 Å². The van der Waals surface area contributed by atoms with Gasteiger partial charge in [0.15, 0.2) is 0 Å². The predicted molar refractivity (Wildman–Crippen MR) is 127 cm³/mol. The quantitative estimate of drug-likeness (QED) is 0.258. The Morgan fingerprint density at radius 1 is 1.13 bits per heavy atom. The molecule has 1 heterocycles. The highest BCUT2D eigenvalue weighted by molar-refractivity contribution is 7.08. The van der Waals surface area contributed by atoms with Crippen molar-refractivity contribution in [2.45, 2.75) is 12.3 Å². The van der Waals surface area contributed by atoms with Crippen LogP contribution in [0.25, 0.3) is 0 Å². The highest BCUT2D eigenvalue weighted by Crippen LogP contribution is 2.24. The van der Waals surface area contributed by atoms with Crippen LogP contribution < -0.4 is 22.1 Å². The Labute approximate surface area is 185 Å². The summed E-state index contributed by atoms with van der Waals surface area (Å²) in [5.41, 5.74) is 14.8. The molecule has 0 saturated heterocycles. The molecule has 1 unspecified atom stereocenters. The molecular formula is C23H25N5O2S. The maximum Gasteiger partial charge on any atom is 0.257 e. The Kier molecular flexibility index (Phi) is 7.53. The third-order valence-corrected chi connectivity index (χ3v) is 5.47. The molecule has 1 atom stereocenters. The summed E-state index contributed by atoms with van der Waals surface area (Å²) in [5.74, 6) is -0.483. The van der Waals surface area contributed by atoms with Gasteiger partial charge in [0.25, 0.3) is 5.91 Å². The van der Waals surface area contributed by atoms with Crippen LogP contribution in [-0.2, 0) is 4.79 Å². The average molecular weight is 436 g/mol. The number of carbonyl (C=O) groups is 2. The van der Waals surface area contributed by atoms with E-state index in [9.17, 15) is 9.59 Å². The van der Waals surface area contributed by atoms with E-state index in [1.54, 1.807) is 36.7 Å². The Hall–Kier alpha value is -3.49. The predicted octanol–water partition coefficient (Wildman–Crippen LogP) is 3.21. The van der Waals surface area contributed by atoms with Crippen LogP contribution in [0.3, 0.4) is 0 Å². The number of nitrogens with zero attached hydrogens (tertiary/aromatic N) is 1. The van der Waals surface area contributed by atoms with Gasteiger partial charge >= 0.3 is 0 Å². The van der Waals surface area contributed by atoms with Crippen LogP contribution in [-0.4, -0.2) is 31.2 Å². The summed E-state index contributed by atoms with van der Waals surface area (Å²) in [6.07, 6.45) is 0.524. The fourth-order valence-corrected chi connectivity index (χ4v) is 3.82. The van der Waals surface area contributed by atoms with Crippen LogP contribution in [0, 0.1) is 0 Å². The highest BCUT2D eigenvalue weighted by atomic mass is 32.1. The van der Waals surface area contributed by atoms with Crippen LogP contribution in [0.1, 0.15) is 33.8 Å². The lowest BCUT2D eigenvalue weighted by Crippen LogP contribution is -2.31. The van der Waals surface area contributed by atoms with Gasteiger partial charge < -0.3 is 22.1 Å². The Morgan fingerprint density at radius 3 is 2.55 bits per heavy atom. The van der Waals surface area contributed by atoms with Gasteiger partial charge in [0, 0.05) is 29.4 Å². The Balaban J connectivity index is 1.81. The first kappa shape index (κ1) is 22.2. The van der Waals surface area contributed by atoms with Crippen LogP contribution in [0.4, 0.5) is 11.4 Å². The summed E-state index contributed by atoms with van der Waals surface area (Å²) in [4.78, 5) is 29.6. The van der Waals surface area contributed by atoms with E-state index in [1.807, 2.05) is 35.7 Å². The number of hydrogen-bond acceptors (Lipinski definition) is 6. The maximum absolute atomic E-state index is 13.0. The molecule has 160 valence electrons. The van der Waals surface area contributed by atoms with E-state index in [0.717, 1.165) is 5.56 Å². The van der Waals surface area contributed by atoms with E-state index in [4.69, 9.17) is 11.5 Å². The van der Waals surface area contributed by atoms with Gasteiger partial charge in [-0.25, -0.2) is 0 Å². The second-order valence-corrected chi connectivity index (χ2v) is 7.65. The third kappa shape index (κ3) is 5.56. The van der Waals surface area contributed by atoms with Crippen molar-refractivity contribution in [1.29, 1.82) is 0 Å². The van der Waals surface area contributed by atoms with Crippen LogP contribution >= 0.6 is 11.3 Å². The molecule has 1 aromatic heterocycles. The molecule has 0 spiro atoms. The number of thiophene rings is 1. The minimum atomic E-state index is -0.371. The number of anilines is 2. The number of nitrogen functional groups attached to an aromatic ring is 1. The van der Waals surface area contributed by atoms with Crippen molar-refractivity contribution in [3.05, 3.63) is 82.0 Å². The van der Waals surface area contributed by atoms with Crippen LogP contribution in [0.15, 0.2) is 70.3 Å². The van der Waals surface area contributed by atoms with E-state index in [2.05, 4.69) is 15.6 Å². The van der Waals surface area contributed by atoms with Gasteiger partial charge in [-0.05, 0) is 48.2 Å². The van der Waals surface area contributed by atoms with E-state index >= 15 is 0 Å². The van der Waals surface area contributed by atoms with E-state index in [-0.39, 0.29) is 17.7 Å². The minimum absolute atomic E-state index is 0.162. The number of nitrogens with one attached hydrogen (secondary N) is 2. The van der Waals surface area contributed by atoms with Gasteiger partial charge in [-0.15, -0.1) is 0 Å². The molecule has 2 aromatic carbocycles. The normalized spacial score (nSPS) is 12.3. The molecule has 0 aliphatic rings. The lowest BCUT2D eigenvalue weighted by Gasteiger charge is -2.18. The van der Waals surface area contributed by atoms with Crippen molar-refractivity contribution in [2.24, 2.45) is 10.7 Å². The van der Waals surface area contributed by atoms with Crippen molar-refractivity contribution in [1.82, 2.24) is 5.32 Å². The number of benzene rings is 2. The van der Waals surface area contributed by atoms with Gasteiger partial charge in [-0.1, -0.05) is 30.3 Å². The number of amides is 2. The largest absolute Gasteiger partial charge is 0.398 e. The Morgan fingerprint density at radius 2 is 1.90 bits per heavy atom. The molecule has 8 heteroatoms. The molecule has 7 nitrogen and oxygen atoms in total. The summed E-state index contributed by atoms with van der Waals surface area (Å²) in [6.45, 7) is 0.390. The second kappa shape index (κ2) is 10.5. The second-order valence-electron chi connectivity index (χ2n) is 6.87. The fraction of sp³-hybridized carbons (Fsp3) is 0.174. The monoisotopic (exact) mass is 435 g/mol. The molecule has 0 aliphatic carbocycles. The zero-order valence-corrected chi connectivity index (χ0v) is 18.0. The lowest BCUT2D eigenvalue weighted by atomic mass is 9.94. The fourth-order valence-electron chi connectivity index (χ4n) is 3.19. The van der Waals surface area contributed by atoms with Crippen molar-refractivity contribution >= 4 is 40.4 Å². The Bertz CT molecular complexity index is 1060. The standard InChI is InChI=1S/C23H25N5O2S/c1-26-21(28-22(29)16-10-12-31-14-16)19-13-17(7-8-20(19)25)27-23(30)18(9-11-24)15-5-3-2-4-6-15/h2-8,10,12-14,18H,9,11,24-25H2,1H3,(H,27,30)(H,26,28,29). The molecular weight excluding hydrogens is 410 g/mol. The number of rotatable bonds is 7. The van der Waals surface area contributed by atoms with Crippen molar-refractivity contribution in [3.8, 4) is 0 Å². The number of aliphatic imine (C=N–C) groups is 1. The van der Waals surface area contributed by atoms with Gasteiger partial charge in [-0.2, -0.15) is 11.3 Å². The number of amidine groups is 1. The molecule has 0 aliphatic heterocycles. The van der Waals surface area contributed by atoms with Crippen LogP contribution in [0.5, 0.6) is 0 Å². The molecule has 3 rings (SSSR count). The summed E-state index contributed by atoms with van der Waals surface area (Å²) in [5, 5.41) is 9.30. The van der Waals surface area contributed by atoms with E-state index < -0.39 is 0 Å². The third-order valence-electron chi connectivity index (χ3n) is 4.79. The molecule has 0 saturated carbocycles. The molecule has 3 aromatic rings. The highest BCUT2D eigenvalue weighted by Gasteiger charge is 2.21. The summed E-state index contributed by atoms with van der Waals surface area (Å²) in [6, 6.07) is 16.3. The molecule has 31 heavy (non-hydrogen) atoms. The zero-order chi connectivity index (χ0) is 22.2. The average Bonchev–Trinajstić information content (AvgIpc) is 3.33. The van der Waals surface area contributed by atoms with Gasteiger partial charge in [0.05, 0.1) is 11.5 Å².